The van der Waals surface area contributed by atoms with Crippen LogP contribution in [-0.4, -0.2) is 37.7 Å². The number of likely N-dealkylation sites (N-methyl/N-ethyl adjacent to an activating group) is 1. The van der Waals surface area contributed by atoms with Crippen LogP contribution in [0.15, 0.2) is 24.3 Å². The van der Waals surface area contributed by atoms with E-state index in [2.05, 4.69) is 50.1 Å². The lowest BCUT2D eigenvalue weighted by Crippen LogP contribution is -2.40. The lowest BCUT2D eigenvalue weighted by molar-refractivity contribution is 0.0413. The van der Waals surface area contributed by atoms with Crippen molar-refractivity contribution in [1.82, 2.24) is 4.90 Å². The highest BCUT2D eigenvalue weighted by atomic mass is 16.5. The Bertz CT molecular complexity index is 396. The molecule has 1 aliphatic rings. The van der Waals surface area contributed by atoms with Crippen LogP contribution in [0.4, 0.5) is 0 Å². The van der Waals surface area contributed by atoms with Crippen LogP contribution in [0.1, 0.15) is 49.8 Å². The van der Waals surface area contributed by atoms with Crippen LogP contribution in [0.5, 0.6) is 0 Å². The van der Waals surface area contributed by atoms with E-state index in [1.165, 1.54) is 11.1 Å². The summed E-state index contributed by atoms with van der Waals surface area (Å²) in [5, 5.41) is 0. The van der Waals surface area contributed by atoms with E-state index in [0.29, 0.717) is 12.0 Å². The second kappa shape index (κ2) is 7.21. The fourth-order valence-electron chi connectivity index (χ4n) is 2.82. The molecule has 3 nitrogen and oxygen atoms in total. The maximum absolute atomic E-state index is 6.36. The molecule has 0 spiro atoms. The average Bonchev–Trinajstić information content (AvgIpc) is 2.48. The number of nitrogens with two attached hydrogens (primary N) is 1. The number of benzene rings is 1. The van der Waals surface area contributed by atoms with Gasteiger partial charge < -0.3 is 15.4 Å². The fraction of sp³-hybridized carbons (Fsp3) is 0.647. The number of ether oxygens (including phenoxy) is 1. The molecule has 1 aromatic rings. The quantitative estimate of drug-likeness (QED) is 0.898. The molecule has 0 saturated carbocycles. The van der Waals surface area contributed by atoms with Gasteiger partial charge in [-0.2, -0.15) is 0 Å². The van der Waals surface area contributed by atoms with Crippen LogP contribution >= 0.6 is 0 Å². The molecule has 1 aromatic carbocycles. The van der Waals surface area contributed by atoms with Crippen molar-refractivity contribution in [3.8, 4) is 0 Å². The third-order valence-corrected chi connectivity index (χ3v) is 4.33. The largest absolute Gasteiger partial charge is 0.381 e. The summed E-state index contributed by atoms with van der Waals surface area (Å²) in [5.74, 6) is 0.574. The van der Waals surface area contributed by atoms with Crippen molar-refractivity contribution >= 4 is 0 Å². The van der Waals surface area contributed by atoms with Gasteiger partial charge in [0.15, 0.2) is 0 Å². The predicted molar refractivity (Wildman–Crippen MR) is 83.9 cm³/mol. The summed E-state index contributed by atoms with van der Waals surface area (Å²) in [6.45, 7) is 7.11. The summed E-state index contributed by atoms with van der Waals surface area (Å²) in [5.41, 5.74) is 8.96. The first-order valence-corrected chi connectivity index (χ1v) is 7.71. The van der Waals surface area contributed by atoms with Crippen molar-refractivity contribution in [2.45, 2.75) is 44.7 Å². The molecule has 1 atom stereocenters. The lowest BCUT2D eigenvalue weighted by atomic mass is 9.98. The zero-order chi connectivity index (χ0) is 14.5. The Morgan fingerprint density at radius 2 is 1.70 bits per heavy atom. The molecule has 1 saturated heterocycles. The van der Waals surface area contributed by atoms with Crippen molar-refractivity contribution < 1.29 is 4.74 Å². The molecule has 1 fully saturated rings. The topological polar surface area (TPSA) is 38.5 Å². The number of nitrogens with zero attached hydrogens (tertiary/aromatic N) is 1. The van der Waals surface area contributed by atoms with Crippen molar-refractivity contribution in [1.29, 1.82) is 0 Å². The zero-order valence-corrected chi connectivity index (χ0v) is 13.0. The van der Waals surface area contributed by atoms with Gasteiger partial charge in [-0.15, -0.1) is 0 Å². The van der Waals surface area contributed by atoms with Crippen LogP contribution in [0.25, 0.3) is 0 Å². The molecule has 0 radical (unpaired) electrons. The smallest absolute Gasteiger partial charge is 0.0480 e. The monoisotopic (exact) mass is 276 g/mol. The molecule has 20 heavy (non-hydrogen) atoms. The highest BCUT2D eigenvalue weighted by Crippen LogP contribution is 2.20. The third-order valence-electron chi connectivity index (χ3n) is 4.33. The normalized spacial score (nSPS) is 18.7. The summed E-state index contributed by atoms with van der Waals surface area (Å²) >= 11 is 0. The first-order chi connectivity index (χ1) is 9.58. The summed E-state index contributed by atoms with van der Waals surface area (Å²) in [4.78, 5) is 2.39. The fourth-order valence-corrected chi connectivity index (χ4v) is 2.82. The molecule has 2 N–H and O–H groups in total. The van der Waals surface area contributed by atoms with E-state index < -0.39 is 0 Å². The van der Waals surface area contributed by atoms with Gasteiger partial charge in [-0.1, -0.05) is 38.1 Å². The van der Waals surface area contributed by atoms with E-state index in [-0.39, 0.29) is 6.04 Å². The van der Waals surface area contributed by atoms with Crippen LogP contribution in [0.2, 0.25) is 0 Å². The van der Waals surface area contributed by atoms with Gasteiger partial charge in [-0.05, 0) is 36.9 Å². The maximum atomic E-state index is 6.36. The number of rotatable bonds is 5. The molecule has 0 amide bonds. The minimum atomic E-state index is 0.0871. The van der Waals surface area contributed by atoms with Crippen molar-refractivity contribution in [3.63, 3.8) is 0 Å². The van der Waals surface area contributed by atoms with E-state index in [1.54, 1.807) is 0 Å². The average molecular weight is 276 g/mol. The standard InChI is InChI=1S/C17H28N2O/c1-13(2)14-4-6-15(7-5-14)17(18)12-19(3)16-8-10-20-11-9-16/h4-7,13,16-17H,8-12,18H2,1-3H3. The third kappa shape index (κ3) is 4.05. The van der Waals surface area contributed by atoms with Crippen LogP contribution in [0.3, 0.4) is 0 Å². The lowest BCUT2D eigenvalue weighted by Gasteiger charge is -2.32. The van der Waals surface area contributed by atoms with Crippen molar-refractivity contribution in [2.24, 2.45) is 5.73 Å². The second-order valence-electron chi connectivity index (χ2n) is 6.21. The Balaban J connectivity index is 1.91. The number of hydrogen-bond acceptors (Lipinski definition) is 3. The Morgan fingerprint density at radius 3 is 2.25 bits per heavy atom. The minimum absolute atomic E-state index is 0.0871. The molecule has 112 valence electrons. The molecular weight excluding hydrogens is 248 g/mol. The molecule has 1 unspecified atom stereocenters. The van der Waals surface area contributed by atoms with E-state index in [0.717, 1.165) is 32.6 Å². The molecule has 1 aliphatic heterocycles. The predicted octanol–water partition coefficient (Wildman–Crippen LogP) is 2.92. The van der Waals surface area contributed by atoms with E-state index in [1.807, 2.05) is 0 Å². The van der Waals surface area contributed by atoms with Crippen molar-refractivity contribution in [2.75, 3.05) is 26.8 Å². The van der Waals surface area contributed by atoms with E-state index >= 15 is 0 Å². The molecule has 0 bridgehead atoms. The molecule has 3 heteroatoms. The molecule has 1 heterocycles. The van der Waals surface area contributed by atoms with E-state index in [9.17, 15) is 0 Å². The van der Waals surface area contributed by atoms with Gasteiger partial charge in [0.05, 0.1) is 0 Å². The summed E-state index contributed by atoms with van der Waals surface area (Å²) in [6, 6.07) is 9.46. The van der Waals surface area contributed by atoms with Gasteiger partial charge in [0.1, 0.15) is 0 Å². The molecule has 0 aromatic heterocycles. The summed E-state index contributed by atoms with van der Waals surface area (Å²) in [6.07, 6.45) is 2.24. The van der Waals surface area contributed by atoms with E-state index in [4.69, 9.17) is 10.5 Å². The van der Waals surface area contributed by atoms with Crippen LogP contribution in [0, 0.1) is 0 Å². The first-order valence-electron chi connectivity index (χ1n) is 7.71. The Kier molecular flexibility index (Phi) is 5.58. The SMILES string of the molecule is CC(C)c1ccc(C(N)CN(C)C2CCOCC2)cc1. The summed E-state index contributed by atoms with van der Waals surface area (Å²) < 4.78 is 5.42. The minimum Gasteiger partial charge on any atom is -0.381 e. The van der Waals surface area contributed by atoms with Gasteiger partial charge in [-0.3, -0.25) is 0 Å². The Labute approximate surface area is 123 Å². The molecule has 2 rings (SSSR count). The highest BCUT2D eigenvalue weighted by molar-refractivity contribution is 5.26. The van der Waals surface area contributed by atoms with Gasteiger partial charge in [0.2, 0.25) is 0 Å². The first kappa shape index (κ1) is 15.5. The maximum Gasteiger partial charge on any atom is 0.0480 e. The van der Waals surface area contributed by atoms with Gasteiger partial charge in [0, 0.05) is 31.8 Å². The molecule has 0 aliphatic carbocycles. The Morgan fingerprint density at radius 1 is 1.15 bits per heavy atom. The zero-order valence-electron chi connectivity index (χ0n) is 13.0. The summed E-state index contributed by atoms with van der Waals surface area (Å²) in [7, 11) is 2.18. The molecular formula is C17H28N2O. The van der Waals surface area contributed by atoms with Crippen LogP contribution < -0.4 is 5.73 Å². The van der Waals surface area contributed by atoms with Gasteiger partial charge >= 0.3 is 0 Å². The highest BCUT2D eigenvalue weighted by Gasteiger charge is 2.20. The second-order valence-corrected chi connectivity index (χ2v) is 6.21. The van der Waals surface area contributed by atoms with Gasteiger partial charge in [-0.25, -0.2) is 0 Å². The van der Waals surface area contributed by atoms with Crippen molar-refractivity contribution in [3.05, 3.63) is 35.4 Å². The van der Waals surface area contributed by atoms with Gasteiger partial charge in [0.25, 0.3) is 0 Å². The van der Waals surface area contributed by atoms with Crippen LogP contribution in [-0.2, 0) is 4.74 Å². The Hall–Kier alpha value is -0.900. The number of hydrogen-bond donors (Lipinski definition) is 1.